The second-order valence-electron chi connectivity index (χ2n) is 5.15. The Labute approximate surface area is 132 Å². The zero-order valence-electron chi connectivity index (χ0n) is 12.2. The topological polar surface area (TPSA) is 55.2 Å². The van der Waals surface area contributed by atoms with Crippen LogP contribution in [0.1, 0.15) is 29.7 Å². The molecule has 0 spiro atoms. The summed E-state index contributed by atoms with van der Waals surface area (Å²) >= 11 is 3.19. The molecule has 2 aromatic carbocycles. The van der Waals surface area contributed by atoms with Gasteiger partial charge >= 0.3 is 0 Å². The van der Waals surface area contributed by atoms with Crippen LogP contribution < -0.4 is 5.32 Å². The van der Waals surface area contributed by atoms with Gasteiger partial charge in [0.25, 0.3) is 5.69 Å². The highest BCUT2D eigenvalue weighted by Crippen LogP contribution is 2.30. The lowest BCUT2D eigenvalue weighted by atomic mass is 10.00. The van der Waals surface area contributed by atoms with E-state index < -0.39 is 4.92 Å². The molecule has 4 nitrogen and oxygen atoms in total. The average Bonchev–Trinajstić information content (AvgIpc) is 2.43. The fourth-order valence-electron chi connectivity index (χ4n) is 2.30. The highest BCUT2D eigenvalue weighted by atomic mass is 79.9. The molecule has 0 amide bonds. The summed E-state index contributed by atoms with van der Waals surface area (Å²) in [5.74, 6) is 0. The first kappa shape index (κ1) is 15.5. The normalized spacial score (nSPS) is 12.0. The highest BCUT2D eigenvalue weighted by molar-refractivity contribution is 9.10. The lowest BCUT2D eigenvalue weighted by Gasteiger charge is -2.18. The van der Waals surface area contributed by atoms with Gasteiger partial charge in [0.05, 0.1) is 9.40 Å². The molecule has 0 aliphatic rings. The molecule has 0 bridgehead atoms. The average molecular weight is 349 g/mol. The Bertz CT molecular complexity index is 686. The van der Waals surface area contributed by atoms with E-state index in [-0.39, 0.29) is 11.7 Å². The van der Waals surface area contributed by atoms with Gasteiger partial charge in [0.15, 0.2) is 0 Å². The Morgan fingerprint density at radius 2 is 1.90 bits per heavy atom. The van der Waals surface area contributed by atoms with Gasteiger partial charge in [-0.3, -0.25) is 10.1 Å². The van der Waals surface area contributed by atoms with Gasteiger partial charge in [0, 0.05) is 17.8 Å². The Kier molecular flexibility index (Phi) is 4.63. The second-order valence-corrected chi connectivity index (χ2v) is 6.00. The first-order chi connectivity index (χ1) is 9.88. The number of nitro benzene ring substituents is 1. The van der Waals surface area contributed by atoms with Crippen LogP contribution >= 0.6 is 15.9 Å². The minimum atomic E-state index is -0.391. The van der Waals surface area contributed by atoms with Crippen LogP contribution in [0.4, 0.5) is 11.4 Å². The van der Waals surface area contributed by atoms with Crippen molar-refractivity contribution in [2.75, 3.05) is 5.32 Å². The number of hydrogen-bond acceptors (Lipinski definition) is 3. The van der Waals surface area contributed by atoms with E-state index in [2.05, 4.69) is 60.2 Å². The van der Waals surface area contributed by atoms with Crippen molar-refractivity contribution in [2.45, 2.75) is 26.8 Å². The van der Waals surface area contributed by atoms with E-state index in [0.29, 0.717) is 4.47 Å². The van der Waals surface area contributed by atoms with Crippen LogP contribution in [0.5, 0.6) is 0 Å². The molecule has 0 aromatic heterocycles. The number of hydrogen-bond donors (Lipinski definition) is 1. The molecule has 0 heterocycles. The van der Waals surface area contributed by atoms with Crippen molar-refractivity contribution in [3.8, 4) is 0 Å². The maximum Gasteiger partial charge on any atom is 0.285 e. The van der Waals surface area contributed by atoms with E-state index in [4.69, 9.17) is 0 Å². The van der Waals surface area contributed by atoms with Gasteiger partial charge in [-0.1, -0.05) is 23.8 Å². The van der Waals surface area contributed by atoms with Crippen molar-refractivity contribution in [1.29, 1.82) is 0 Å². The summed E-state index contributed by atoms with van der Waals surface area (Å²) in [6.07, 6.45) is 0. The predicted molar refractivity (Wildman–Crippen MR) is 88.8 cm³/mol. The second kappa shape index (κ2) is 6.26. The van der Waals surface area contributed by atoms with E-state index in [0.717, 1.165) is 5.69 Å². The van der Waals surface area contributed by atoms with Crippen LogP contribution in [-0.4, -0.2) is 4.92 Å². The monoisotopic (exact) mass is 348 g/mol. The van der Waals surface area contributed by atoms with Gasteiger partial charge in [0.1, 0.15) is 0 Å². The molecule has 5 heteroatoms. The number of rotatable bonds is 4. The molecule has 1 N–H and O–H groups in total. The molecule has 1 atom stereocenters. The van der Waals surface area contributed by atoms with E-state index in [1.807, 2.05) is 6.07 Å². The van der Waals surface area contributed by atoms with Crippen molar-refractivity contribution >= 4 is 27.3 Å². The van der Waals surface area contributed by atoms with Gasteiger partial charge in [-0.25, -0.2) is 0 Å². The SMILES string of the molecule is Cc1ccc(C)c(C(C)Nc2ccc(Br)c([N+](=O)[O-])c2)c1. The first-order valence-electron chi connectivity index (χ1n) is 6.66. The summed E-state index contributed by atoms with van der Waals surface area (Å²) in [4.78, 5) is 10.6. The first-order valence-corrected chi connectivity index (χ1v) is 7.45. The van der Waals surface area contributed by atoms with Crippen LogP contribution in [0.2, 0.25) is 0 Å². The molecule has 0 aliphatic carbocycles. The van der Waals surface area contributed by atoms with E-state index in [9.17, 15) is 10.1 Å². The summed E-state index contributed by atoms with van der Waals surface area (Å²) in [6, 6.07) is 11.5. The zero-order chi connectivity index (χ0) is 15.6. The zero-order valence-corrected chi connectivity index (χ0v) is 13.8. The Morgan fingerprint density at radius 1 is 1.19 bits per heavy atom. The minimum absolute atomic E-state index is 0.0631. The van der Waals surface area contributed by atoms with Gasteiger partial charge in [0.2, 0.25) is 0 Å². The maximum atomic E-state index is 11.0. The third-order valence-electron chi connectivity index (χ3n) is 3.43. The molecule has 0 fully saturated rings. The lowest BCUT2D eigenvalue weighted by Crippen LogP contribution is -2.08. The van der Waals surface area contributed by atoms with Crippen molar-refractivity contribution in [3.05, 3.63) is 67.7 Å². The predicted octanol–water partition coefficient (Wildman–Crippen LogP) is 5.15. The largest absolute Gasteiger partial charge is 0.378 e. The van der Waals surface area contributed by atoms with Gasteiger partial charge in [-0.05, 0) is 60.0 Å². The Morgan fingerprint density at radius 3 is 2.57 bits per heavy atom. The summed E-state index contributed by atoms with van der Waals surface area (Å²) < 4.78 is 0.484. The van der Waals surface area contributed by atoms with Crippen molar-refractivity contribution < 1.29 is 4.92 Å². The minimum Gasteiger partial charge on any atom is -0.378 e. The summed E-state index contributed by atoms with van der Waals surface area (Å²) in [5.41, 5.74) is 4.39. The van der Waals surface area contributed by atoms with Crippen LogP contribution in [0.15, 0.2) is 40.9 Å². The molecule has 1 unspecified atom stereocenters. The maximum absolute atomic E-state index is 11.0. The number of halogens is 1. The number of nitrogens with zero attached hydrogens (tertiary/aromatic N) is 1. The highest BCUT2D eigenvalue weighted by Gasteiger charge is 2.14. The summed E-state index contributed by atoms with van der Waals surface area (Å²) in [6.45, 7) is 6.17. The standard InChI is InChI=1S/C16H17BrN2O2/c1-10-4-5-11(2)14(8-10)12(3)18-13-6-7-15(17)16(9-13)19(20)21/h4-9,12,18H,1-3H3. The van der Waals surface area contributed by atoms with Crippen molar-refractivity contribution in [3.63, 3.8) is 0 Å². The molecule has 0 aliphatic heterocycles. The molecule has 2 aromatic rings. The van der Waals surface area contributed by atoms with Crippen molar-refractivity contribution in [2.24, 2.45) is 0 Å². The van der Waals surface area contributed by atoms with Crippen LogP contribution in [0.25, 0.3) is 0 Å². The molecule has 21 heavy (non-hydrogen) atoms. The molecule has 2 rings (SSSR count). The van der Waals surface area contributed by atoms with Crippen LogP contribution in [-0.2, 0) is 0 Å². The van der Waals surface area contributed by atoms with E-state index in [1.54, 1.807) is 12.1 Å². The fraction of sp³-hybridized carbons (Fsp3) is 0.250. The molecule has 0 saturated heterocycles. The van der Waals surface area contributed by atoms with Gasteiger partial charge < -0.3 is 5.32 Å². The molecular formula is C16H17BrN2O2. The summed E-state index contributed by atoms with van der Waals surface area (Å²) in [7, 11) is 0. The number of aryl methyl sites for hydroxylation is 2. The van der Waals surface area contributed by atoms with Crippen LogP contribution in [0, 0.1) is 24.0 Å². The number of nitro groups is 1. The van der Waals surface area contributed by atoms with E-state index in [1.165, 1.54) is 16.7 Å². The third kappa shape index (κ3) is 3.61. The smallest absolute Gasteiger partial charge is 0.285 e. The molecule has 0 radical (unpaired) electrons. The third-order valence-corrected chi connectivity index (χ3v) is 4.10. The summed E-state index contributed by atoms with van der Waals surface area (Å²) in [5, 5.41) is 14.3. The van der Waals surface area contributed by atoms with E-state index >= 15 is 0 Å². The molecular weight excluding hydrogens is 332 g/mol. The Balaban J connectivity index is 2.27. The number of benzene rings is 2. The van der Waals surface area contributed by atoms with Crippen molar-refractivity contribution in [1.82, 2.24) is 0 Å². The lowest BCUT2D eigenvalue weighted by molar-refractivity contribution is -0.385. The molecule has 110 valence electrons. The quantitative estimate of drug-likeness (QED) is 0.614. The van der Waals surface area contributed by atoms with Crippen LogP contribution in [0.3, 0.4) is 0 Å². The molecule has 0 saturated carbocycles. The van der Waals surface area contributed by atoms with Gasteiger partial charge in [-0.2, -0.15) is 0 Å². The van der Waals surface area contributed by atoms with Gasteiger partial charge in [-0.15, -0.1) is 0 Å². The fourth-order valence-corrected chi connectivity index (χ4v) is 2.69. The Hall–Kier alpha value is -1.88. The number of nitrogens with one attached hydrogen (secondary N) is 1. The number of anilines is 1.